The average Bonchev–Trinajstić information content (AvgIpc) is 2.29. The minimum absolute atomic E-state index is 0.0165. The van der Waals surface area contributed by atoms with Gasteiger partial charge in [-0.05, 0) is 38.8 Å². The number of ether oxygens (including phenoxy) is 1. The van der Waals surface area contributed by atoms with Crippen LogP contribution in [0.1, 0.15) is 36.6 Å². The van der Waals surface area contributed by atoms with Gasteiger partial charge in [0.05, 0.1) is 6.04 Å². The number of rotatable bonds is 5. The Hall–Kier alpha value is -1.35. The third-order valence-electron chi connectivity index (χ3n) is 2.72. The van der Waals surface area contributed by atoms with Crippen LogP contribution in [0.3, 0.4) is 0 Å². The molecule has 0 aromatic heterocycles. The molecule has 0 aliphatic rings. The lowest BCUT2D eigenvalue weighted by molar-refractivity contribution is -0.126. The Kier molecular flexibility index (Phi) is 5.16. The molecule has 0 fully saturated rings. The van der Waals surface area contributed by atoms with E-state index in [4.69, 9.17) is 4.74 Å². The van der Waals surface area contributed by atoms with Crippen molar-refractivity contribution in [1.82, 2.24) is 5.32 Å². The lowest BCUT2D eigenvalue weighted by Crippen LogP contribution is -2.30. The van der Waals surface area contributed by atoms with Crippen LogP contribution in [0.25, 0.3) is 0 Å². The predicted octanol–water partition coefficient (Wildman–Crippen LogP) is 2.52. The van der Waals surface area contributed by atoms with E-state index in [2.05, 4.69) is 37.4 Å². The minimum Gasteiger partial charge on any atom is -0.372 e. The topological polar surface area (TPSA) is 38.3 Å². The highest BCUT2D eigenvalue weighted by atomic mass is 16.5. The zero-order valence-electron chi connectivity index (χ0n) is 11.0. The van der Waals surface area contributed by atoms with Gasteiger partial charge < -0.3 is 10.1 Å². The number of hydrogen-bond donors (Lipinski definition) is 1. The summed E-state index contributed by atoms with van der Waals surface area (Å²) in [5, 5.41) is 2.94. The molecule has 0 heterocycles. The highest BCUT2D eigenvalue weighted by molar-refractivity contribution is 5.77. The van der Waals surface area contributed by atoms with Gasteiger partial charge in [-0.15, -0.1) is 0 Å². The molecule has 0 spiro atoms. The molecule has 0 radical (unpaired) electrons. The van der Waals surface area contributed by atoms with Crippen molar-refractivity contribution in [2.24, 2.45) is 0 Å². The van der Waals surface area contributed by atoms with Crippen LogP contribution >= 0.6 is 0 Å². The highest BCUT2D eigenvalue weighted by Crippen LogP contribution is 2.18. The molecule has 1 aromatic carbocycles. The van der Waals surface area contributed by atoms with E-state index >= 15 is 0 Å². The Morgan fingerprint density at radius 3 is 2.76 bits per heavy atom. The van der Waals surface area contributed by atoms with Crippen molar-refractivity contribution >= 4 is 5.91 Å². The van der Waals surface area contributed by atoms with Gasteiger partial charge in [-0.25, -0.2) is 0 Å². The Labute approximate surface area is 103 Å². The van der Waals surface area contributed by atoms with E-state index in [1.54, 1.807) is 0 Å². The fourth-order valence-electron chi connectivity index (χ4n) is 1.78. The van der Waals surface area contributed by atoms with Crippen LogP contribution in [-0.4, -0.2) is 19.1 Å². The van der Waals surface area contributed by atoms with Crippen molar-refractivity contribution in [3.8, 4) is 0 Å². The van der Waals surface area contributed by atoms with Gasteiger partial charge in [-0.3, -0.25) is 4.79 Å². The van der Waals surface area contributed by atoms with E-state index < -0.39 is 0 Å². The molecule has 0 saturated heterocycles. The summed E-state index contributed by atoms with van der Waals surface area (Å²) in [6.07, 6.45) is 0. The number of carbonyl (C=O) groups is 1. The van der Waals surface area contributed by atoms with E-state index in [0.29, 0.717) is 6.61 Å². The molecule has 94 valence electrons. The highest BCUT2D eigenvalue weighted by Gasteiger charge is 2.11. The van der Waals surface area contributed by atoms with Crippen LogP contribution in [0.2, 0.25) is 0 Å². The molecule has 0 aliphatic heterocycles. The second-order valence-electron chi connectivity index (χ2n) is 4.29. The first kappa shape index (κ1) is 13.7. The fraction of sp³-hybridized carbons (Fsp3) is 0.500. The molecule has 0 aliphatic carbocycles. The molecule has 1 N–H and O–H groups in total. The third-order valence-corrected chi connectivity index (χ3v) is 2.72. The lowest BCUT2D eigenvalue weighted by Gasteiger charge is -2.17. The van der Waals surface area contributed by atoms with Gasteiger partial charge in [0.25, 0.3) is 0 Å². The summed E-state index contributed by atoms with van der Waals surface area (Å²) in [4.78, 5) is 11.5. The summed E-state index contributed by atoms with van der Waals surface area (Å²) in [5.41, 5.74) is 3.56. The summed E-state index contributed by atoms with van der Waals surface area (Å²) >= 11 is 0. The third kappa shape index (κ3) is 4.19. The minimum atomic E-state index is -0.0692. The summed E-state index contributed by atoms with van der Waals surface area (Å²) < 4.78 is 5.07. The zero-order chi connectivity index (χ0) is 12.8. The Balaban J connectivity index is 2.66. The second-order valence-corrected chi connectivity index (χ2v) is 4.29. The summed E-state index contributed by atoms with van der Waals surface area (Å²) in [6.45, 7) is 8.67. The first-order valence-corrected chi connectivity index (χ1v) is 5.98. The quantitative estimate of drug-likeness (QED) is 0.851. The van der Waals surface area contributed by atoms with E-state index in [1.807, 2.05) is 13.8 Å². The first-order valence-electron chi connectivity index (χ1n) is 5.98. The van der Waals surface area contributed by atoms with Crippen molar-refractivity contribution in [1.29, 1.82) is 0 Å². The molecule has 0 bridgehead atoms. The fourth-order valence-corrected chi connectivity index (χ4v) is 1.78. The van der Waals surface area contributed by atoms with Gasteiger partial charge in [-0.1, -0.05) is 23.8 Å². The SMILES string of the molecule is CCOCC(=O)N[C@@H](C)c1cc(C)ccc1C. The van der Waals surface area contributed by atoms with Crippen LogP contribution in [-0.2, 0) is 9.53 Å². The normalized spacial score (nSPS) is 12.2. The first-order chi connectivity index (χ1) is 8.04. The number of nitrogens with one attached hydrogen (secondary N) is 1. The van der Waals surface area contributed by atoms with Gasteiger partial charge in [-0.2, -0.15) is 0 Å². The molecule has 1 aromatic rings. The van der Waals surface area contributed by atoms with Gasteiger partial charge in [0.15, 0.2) is 0 Å². The number of benzene rings is 1. The van der Waals surface area contributed by atoms with E-state index in [9.17, 15) is 4.79 Å². The molecule has 1 rings (SSSR count). The molecule has 3 heteroatoms. The van der Waals surface area contributed by atoms with E-state index in [-0.39, 0.29) is 18.6 Å². The van der Waals surface area contributed by atoms with Crippen LogP contribution in [0.4, 0.5) is 0 Å². The molecule has 3 nitrogen and oxygen atoms in total. The van der Waals surface area contributed by atoms with Crippen LogP contribution in [0.15, 0.2) is 18.2 Å². The van der Waals surface area contributed by atoms with Crippen LogP contribution in [0.5, 0.6) is 0 Å². The molecule has 17 heavy (non-hydrogen) atoms. The maximum absolute atomic E-state index is 11.5. The Morgan fingerprint density at radius 1 is 1.41 bits per heavy atom. The smallest absolute Gasteiger partial charge is 0.246 e. The van der Waals surface area contributed by atoms with Crippen molar-refractivity contribution in [2.75, 3.05) is 13.2 Å². The number of aryl methyl sites for hydroxylation is 2. The van der Waals surface area contributed by atoms with Crippen LogP contribution in [0, 0.1) is 13.8 Å². The Bertz CT molecular complexity index is 388. The van der Waals surface area contributed by atoms with Crippen molar-refractivity contribution in [3.05, 3.63) is 34.9 Å². The standard InChI is InChI=1S/C14H21NO2/c1-5-17-9-14(16)15-12(4)13-8-10(2)6-7-11(13)3/h6-8,12H,5,9H2,1-4H3,(H,15,16)/t12-/m0/s1. The van der Waals surface area contributed by atoms with Gasteiger partial charge in [0.2, 0.25) is 5.91 Å². The zero-order valence-corrected chi connectivity index (χ0v) is 11.0. The number of amides is 1. The maximum atomic E-state index is 11.5. The van der Waals surface area contributed by atoms with Crippen molar-refractivity contribution in [3.63, 3.8) is 0 Å². The number of carbonyl (C=O) groups excluding carboxylic acids is 1. The average molecular weight is 235 g/mol. The second kappa shape index (κ2) is 6.40. The van der Waals surface area contributed by atoms with Crippen molar-refractivity contribution < 1.29 is 9.53 Å². The lowest BCUT2D eigenvalue weighted by atomic mass is 10.00. The summed E-state index contributed by atoms with van der Waals surface area (Å²) in [6, 6.07) is 6.28. The molecule has 1 amide bonds. The Morgan fingerprint density at radius 2 is 2.12 bits per heavy atom. The van der Waals surface area contributed by atoms with Gasteiger partial charge >= 0.3 is 0 Å². The molecule has 0 unspecified atom stereocenters. The summed E-state index contributed by atoms with van der Waals surface area (Å²) in [7, 11) is 0. The number of hydrogen-bond acceptors (Lipinski definition) is 2. The molecule has 0 saturated carbocycles. The van der Waals surface area contributed by atoms with Crippen molar-refractivity contribution in [2.45, 2.75) is 33.7 Å². The molecule has 1 atom stereocenters. The predicted molar refractivity (Wildman–Crippen MR) is 69.0 cm³/mol. The van der Waals surface area contributed by atoms with Crippen LogP contribution < -0.4 is 5.32 Å². The van der Waals surface area contributed by atoms with E-state index in [0.717, 1.165) is 5.56 Å². The van der Waals surface area contributed by atoms with Gasteiger partial charge in [0, 0.05) is 6.61 Å². The molecular weight excluding hydrogens is 214 g/mol. The van der Waals surface area contributed by atoms with Gasteiger partial charge in [0.1, 0.15) is 6.61 Å². The monoisotopic (exact) mass is 235 g/mol. The largest absolute Gasteiger partial charge is 0.372 e. The van der Waals surface area contributed by atoms with E-state index in [1.165, 1.54) is 11.1 Å². The maximum Gasteiger partial charge on any atom is 0.246 e. The summed E-state index contributed by atoms with van der Waals surface area (Å²) in [5.74, 6) is -0.0692. The molecular formula is C14H21NO2.